The van der Waals surface area contributed by atoms with Crippen LogP contribution in [0.25, 0.3) is 0 Å². The van der Waals surface area contributed by atoms with E-state index in [0.717, 1.165) is 19.4 Å². The predicted octanol–water partition coefficient (Wildman–Crippen LogP) is 2.62. The van der Waals surface area contributed by atoms with Gasteiger partial charge in [-0.25, -0.2) is 0 Å². The highest BCUT2D eigenvalue weighted by molar-refractivity contribution is 5.22. The van der Waals surface area contributed by atoms with E-state index in [9.17, 15) is 5.11 Å². The summed E-state index contributed by atoms with van der Waals surface area (Å²) in [6.07, 6.45) is 5.92. The van der Waals surface area contributed by atoms with E-state index in [4.69, 9.17) is 4.74 Å². The SMILES string of the molecule is COCc1ccc(CNC2(CO)CCCCC2)cc1. The first-order chi connectivity index (χ1) is 9.28. The number of benzene rings is 1. The van der Waals surface area contributed by atoms with Crippen molar-refractivity contribution in [2.45, 2.75) is 50.8 Å². The zero-order chi connectivity index (χ0) is 13.6. The van der Waals surface area contributed by atoms with Crippen LogP contribution in [-0.4, -0.2) is 24.4 Å². The summed E-state index contributed by atoms with van der Waals surface area (Å²) in [6, 6.07) is 8.48. The van der Waals surface area contributed by atoms with E-state index in [1.165, 1.54) is 30.4 Å². The van der Waals surface area contributed by atoms with Gasteiger partial charge in [0.05, 0.1) is 13.2 Å². The molecule has 1 fully saturated rings. The van der Waals surface area contributed by atoms with Gasteiger partial charge in [0.2, 0.25) is 0 Å². The highest BCUT2D eigenvalue weighted by Gasteiger charge is 2.30. The van der Waals surface area contributed by atoms with E-state index in [-0.39, 0.29) is 12.1 Å². The number of hydrogen-bond donors (Lipinski definition) is 2. The number of ether oxygens (including phenoxy) is 1. The first-order valence-electron chi connectivity index (χ1n) is 7.21. The third-order valence-electron chi connectivity index (χ3n) is 4.11. The first kappa shape index (κ1) is 14.5. The Morgan fingerprint density at radius 1 is 1.11 bits per heavy atom. The molecular weight excluding hydrogens is 238 g/mol. The lowest BCUT2D eigenvalue weighted by Crippen LogP contribution is -2.49. The van der Waals surface area contributed by atoms with E-state index in [0.29, 0.717) is 6.61 Å². The van der Waals surface area contributed by atoms with Crippen LogP contribution >= 0.6 is 0 Å². The molecule has 2 N–H and O–H groups in total. The third-order valence-corrected chi connectivity index (χ3v) is 4.11. The van der Waals surface area contributed by atoms with E-state index in [2.05, 4.69) is 29.6 Å². The van der Waals surface area contributed by atoms with Crippen molar-refractivity contribution in [2.75, 3.05) is 13.7 Å². The van der Waals surface area contributed by atoms with Crippen LogP contribution in [0.5, 0.6) is 0 Å². The summed E-state index contributed by atoms with van der Waals surface area (Å²) in [5.41, 5.74) is 2.41. The molecule has 3 nitrogen and oxygen atoms in total. The van der Waals surface area contributed by atoms with Crippen molar-refractivity contribution in [1.29, 1.82) is 0 Å². The molecule has 1 aliphatic carbocycles. The van der Waals surface area contributed by atoms with Crippen LogP contribution in [0.4, 0.5) is 0 Å². The Bertz CT molecular complexity index is 369. The molecule has 0 amide bonds. The van der Waals surface area contributed by atoms with Crippen LogP contribution in [0.3, 0.4) is 0 Å². The zero-order valence-electron chi connectivity index (χ0n) is 11.8. The normalized spacial score (nSPS) is 18.4. The Hall–Kier alpha value is -0.900. The molecule has 0 saturated heterocycles. The van der Waals surface area contributed by atoms with Crippen LogP contribution in [-0.2, 0) is 17.9 Å². The molecule has 1 aromatic carbocycles. The molecule has 0 heterocycles. The molecule has 0 atom stereocenters. The number of nitrogens with one attached hydrogen (secondary N) is 1. The van der Waals surface area contributed by atoms with Gasteiger partial charge in [0.15, 0.2) is 0 Å². The number of aliphatic hydroxyl groups is 1. The van der Waals surface area contributed by atoms with Crippen molar-refractivity contribution in [1.82, 2.24) is 5.32 Å². The summed E-state index contributed by atoms with van der Waals surface area (Å²) >= 11 is 0. The molecule has 0 spiro atoms. The minimum Gasteiger partial charge on any atom is -0.394 e. The maximum absolute atomic E-state index is 9.65. The molecule has 1 aromatic rings. The second-order valence-electron chi connectivity index (χ2n) is 5.60. The lowest BCUT2D eigenvalue weighted by Gasteiger charge is -2.36. The van der Waals surface area contributed by atoms with Crippen molar-refractivity contribution in [3.63, 3.8) is 0 Å². The van der Waals surface area contributed by atoms with Gasteiger partial charge in [-0.15, -0.1) is 0 Å². The van der Waals surface area contributed by atoms with E-state index >= 15 is 0 Å². The summed E-state index contributed by atoms with van der Waals surface area (Å²) in [4.78, 5) is 0. The maximum atomic E-state index is 9.65. The van der Waals surface area contributed by atoms with Gasteiger partial charge in [0, 0.05) is 19.2 Å². The Balaban J connectivity index is 1.89. The van der Waals surface area contributed by atoms with E-state index in [1.807, 2.05) is 0 Å². The molecular formula is C16H25NO2. The molecule has 0 aliphatic heterocycles. The number of rotatable bonds is 6. The van der Waals surface area contributed by atoms with Gasteiger partial charge in [-0.1, -0.05) is 43.5 Å². The van der Waals surface area contributed by atoms with Crippen LogP contribution in [0.1, 0.15) is 43.2 Å². The number of hydrogen-bond acceptors (Lipinski definition) is 3. The van der Waals surface area contributed by atoms with Gasteiger partial charge in [0.25, 0.3) is 0 Å². The number of methoxy groups -OCH3 is 1. The second kappa shape index (κ2) is 7.04. The Labute approximate surface area is 116 Å². The lowest BCUT2D eigenvalue weighted by atomic mass is 9.82. The summed E-state index contributed by atoms with van der Waals surface area (Å²) in [5.74, 6) is 0. The molecule has 3 heteroatoms. The molecule has 0 unspecified atom stereocenters. The predicted molar refractivity (Wildman–Crippen MR) is 76.9 cm³/mol. The highest BCUT2D eigenvalue weighted by Crippen LogP contribution is 2.28. The fraction of sp³-hybridized carbons (Fsp3) is 0.625. The largest absolute Gasteiger partial charge is 0.394 e. The smallest absolute Gasteiger partial charge is 0.0713 e. The summed E-state index contributed by atoms with van der Waals surface area (Å²) in [7, 11) is 1.71. The average molecular weight is 263 g/mol. The fourth-order valence-corrected chi connectivity index (χ4v) is 2.83. The lowest BCUT2D eigenvalue weighted by molar-refractivity contribution is 0.119. The Kier molecular flexibility index (Phi) is 5.37. The van der Waals surface area contributed by atoms with Crippen LogP contribution in [0, 0.1) is 0 Å². The van der Waals surface area contributed by atoms with E-state index in [1.54, 1.807) is 7.11 Å². The molecule has 1 aliphatic rings. The summed E-state index contributed by atoms with van der Waals surface area (Å²) in [6.45, 7) is 1.73. The topological polar surface area (TPSA) is 41.5 Å². The van der Waals surface area contributed by atoms with Gasteiger partial charge in [-0.2, -0.15) is 0 Å². The standard InChI is InChI=1S/C16H25NO2/c1-19-12-15-7-5-14(6-8-15)11-17-16(13-18)9-3-2-4-10-16/h5-8,17-18H,2-4,9-13H2,1H3. The van der Waals surface area contributed by atoms with Crippen molar-refractivity contribution >= 4 is 0 Å². The molecule has 2 rings (SSSR count). The maximum Gasteiger partial charge on any atom is 0.0713 e. The van der Waals surface area contributed by atoms with Crippen LogP contribution in [0.2, 0.25) is 0 Å². The average Bonchev–Trinajstić information content (AvgIpc) is 2.48. The minimum atomic E-state index is -0.0521. The molecule has 0 aromatic heterocycles. The Morgan fingerprint density at radius 2 is 1.74 bits per heavy atom. The molecule has 19 heavy (non-hydrogen) atoms. The Morgan fingerprint density at radius 3 is 2.32 bits per heavy atom. The molecule has 0 bridgehead atoms. The van der Waals surface area contributed by atoms with Crippen LogP contribution in [0.15, 0.2) is 24.3 Å². The number of aliphatic hydroxyl groups excluding tert-OH is 1. The van der Waals surface area contributed by atoms with Crippen molar-refractivity contribution in [3.8, 4) is 0 Å². The van der Waals surface area contributed by atoms with Gasteiger partial charge < -0.3 is 15.2 Å². The van der Waals surface area contributed by atoms with Gasteiger partial charge >= 0.3 is 0 Å². The molecule has 106 valence electrons. The van der Waals surface area contributed by atoms with Crippen molar-refractivity contribution in [3.05, 3.63) is 35.4 Å². The van der Waals surface area contributed by atoms with Crippen molar-refractivity contribution < 1.29 is 9.84 Å². The monoisotopic (exact) mass is 263 g/mol. The summed E-state index contributed by atoms with van der Waals surface area (Å²) in [5, 5.41) is 13.2. The summed E-state index contributed by atoms with van der Waals surface area (Å²) < 4.78 is 5.11. The van der Waals surface area contributed by atoms with Crippen molar-refractivity contribution in [2.24, 2.45) is 0 Å². The van der Waals surface area contributed by atoms with Gasteiger partial charge in [0.1, 0.15) is 0 Å². The second-order valence-corrected chi connectivity index (χ2v) is 5.60. The first-order valence-corrected chi connectivity index (χ1v) is 7.21. The third kappa shape index (κ3) is 4.03. The minimum absolute atomic E-state index is 0.0521. The fourth-order valence-electron chi connectivity index (χ4n) is 2.83. The quantitative estimate of drug-likeness (QED) is 0.829. The van der Waals surface area contributed by atoms with Crippen LogP contribution < -0.4 is 5.32 Å². The molecule has 1 saturated carbocycles. The van der Waals surface area contributed by atoms with Gasteiger partial charge in [-0.3, -0.25) is 0 Å². The van der Waals surface area contributed by atoms with Gasteiger partial charge in [-0.05, 0) is 24.0 Å². The zero-order valence-corrected chi connectivity index (χ0v) is 11.8. The highest BCUT2D eigenvalue weighted by atomic mass is 16.5. The molecule has 0 radical (unpaired) electrons. The van der Waals surface area contributed by atoms with E-state index < -0.39 is 0 Å².